The number of rotatable bonds is 9. The SMILES string of the molecule is CCNC(=NCCCSC)Nc1ccc(OC)c(OCC)c1. The molecule has 0 aromatic heterocycles. The van der Waals surface area contributed by atoms with E-state index in [4.69, 9.17) is 9.47 Å². The number of thioether (sulfide) groups is 1. The maximum absolute atomic E-state index is 5.60. The van der Waals surface area contributed by atoms with Crippen LogP contribution in [0.2, 0.25) is 0 Å². The second-order valence-electron chi connectivity index (χ2n) is 4.53. The Morgan fingerprint density at radius 3 is 2.73 bits per heavy atom. The number of benzene rings is 1. The Morgan fingerprint density at radius 1 is 1.27 bits per heavy atom. The van der Waals surface area contributed by atoms with Crippen LogP contribution in [0.5, 0.6) is 11.5 Å². The minimum Gasteiger partial charge on any atom is -0.493 e. The van der Waals surface area contributed by atoms with E-state index in [-0.39, 0.29) is 0 Å². The molecule has 0 atom stereocenters. The Morgan fingerprint density at radius 2 is 2.09 bits per heavy atom. The minimum atomic E-state index is 0.600. The first-order valence-electron chi connectivity index (χ1n) is 7.60. The van der Waals surface area contributed by atoms with Crippen LogP contribution < -0.4 is 20.1 Å². The fourth-order valence-corrected chi connectivity index (χ4v) is 2.28. The van der Waals surface area contributed by atoms with Gasteiger partial charge in [-0.3, -0.25) is 4.99 Å². The summed E-state index contributed by atoms with van der Waals surface area (Å²) in [6.07, 6.45) is 3.18. The van der Waals surface area contributed by atoms with Crippen molar-refractivity contribution in [2.45, 2.75) is 20.3 Å². The third-order valence-corrected chi connectivity index (χ3v) is 3.54. The van der Waals surface area contributed by atoms with Crippen molar-refractivity contribution in [3.05, 3.63) is 18.2 Å². The second kappa shape index (κ2) is 11.1. The number of aliphatic imine (C=N–C) groups is 1. The number of ether oxygens (including phenoxy) is 2. The van der Waals surface area contributed by atoms with Crippen LogP contribution in [-0.2, 0) is 0 Å². The van der Waals surface area contributed by atoms with Crippen LogP contribution in [0, 0.1) is 0 Å². The molecule has 0 fully saturated rings. The highest BCUT2D eigenvalue weighted by Gasteiger charge is 2.06. The molecule has 1 aromatic rings. The summed E-state index contributed by atoms with van der Waals surface area (Å²) in [6.45, 7) is 6.24. The van der Waals surface area contributed by atoms with Crippen LogP contribution in [0.15, 0.2) is 23.2 Å². The molecule has 2 N–H and O–H groups in total. The first kappa shape index (κ1) is 18.5. The Labute approximate surface area is 137 Å². The fraction of sp³-hybridized carbons (Fsp3) is 0.562. The average Bonchev–Trinajstić information content (AvgIpc) is 2.52. The lowest BCUT2D eigenvalue weighted by atomic mass is 10.2. The molecule has 0 aliphatic carbocycles. The molecule has 0 unspecified atom stereocenters. The summed E-state index contributed by atoms with van der Waals surface area (Å²) in [4.78, 5) is 4.57. The van der Waals surface area contributed by atoms with E-state index in [2.05, 4.69) is 28.8 Å². The second-order valence-corrected chi connectivity index (χ2v) is 5.52. The van der Waals surface area contributed by atoms with Crippen molar-refractivity contribution in [1.29, 1.82) is 0 Å². The Balaban J connectivity index is 2.77. The number of methoxy groups -OCH3 is 1. The summed E-state index contributed by atoms with van der Waals surface area (Å²) < 4.78 is 10.9. The number of anilines is 1. The van der Waals surface area contributed by atoms with E-state index in [0.29, 0.717) is 6.61 Å². The van der Waals surface area contributed by atoms with Crippen LogP contribution >= 0.6 is 11.8 Å². The lowest BCUT2D eigenvalue weighted by Gasteiger charge is -2.14. The topological polar surface area (TPSA) is 54.9 Å². The largest absolute Gasteiger partial charge is 0.493 e. The fourth-order valence-electron chi connectivity index (χ4n) is 1.87. The van der Waals surface area contributed by atoms with E-state index >= 15 is 0 Å². The summed E-state index contributed by atoms with van der Waals surface area (Å²) in [5.41, 5.74) is 0.925. The van der Waals surface area contributed by atoms with Crippen molar-refractivity contribution < 1.29 is 9.47 Å². The first-order valence-corrected chi connectivity index (χ1v) is 8.99. The summed E-state index contributed by atoms with van der Waals surface area (Å²) in [5, 5.41) is 6.55. The van der Waals surface area contributed by atoms with E-state index in [1.54, 1.807) is 7.11 Å². The number of hydrogen-bond donors (Lipinski definition) is 2. The molecule has 1 rings (SSSR count). The highest BCUT2D eigenvalue weighted by atomic mass is 32.2. The molecule has 0 saturated heterocycles. The molecule has 0 saturated carbocycles. The zero-order valence-electron chi connectivity index (χ0n) is 13.9. The van der Waals surface area contributed by atoms with Crippen LogP contribution in [0.1, 0.15) is 20.3 Å². The molecule has 0 spiro atoms. The first-order chi connectivity index (χ1) is 10.7. The van der Waals surface area contributed by atoms with Gasteiger partial charge in [0.2, 0.25) is 0 Å². The van der Waals surface area contributed by atoms with E-state index in [1.807, 2.05) is 36.9 Å². The van der Waals surface area contributed by atoms with Gasteiger partial charge >= 0.3 is 0 Å². The predicted octanol–water partition coefficient (Wildman–Crippen LogP) is 3.22. The summed E-state index contributed by atoms with van der Waals surface area (Å²) in [7, 11) is 1.64. The molecule has 0 heterocycles. The highest BCUT2D eigenvalue weighted by Crippen LogP contribution is 2.30. The number of guanidine groups is 1. The maximum atomic E-state index is 5.60. The van der Waals surface area contributed by atoms with E-state index in [0.717, 1.165) is 48.4 Å². The molecule has 6 heteroatoms. The number of hydrogen-bond acceptors (Lipinski definition) is 4. The van der Waals surface area contributed by atoms with Crippen molar-refractivity contribution in [1.82, 2.24) is 5.32 Å². The molecule has 124 valence electrons. The Hall–Kier alpha value is -1.56. The summed E-state index contributed by atoms with van der Waals surface area (Å²) >= 11 is 1.84. The normalized spacial score (nSPS) is 11.2. The molecule has 0 radical (unpaired) electrons. The van der Waals surface area contributed by atoms with Gasteiger partial charge in [-0.1, -0.05) is 0 Å². The van der Waals surface area contributed by atoms with E-state index < -0.39 is 0 Å². The van der Waals surface area contributed by atoms with Crippen LogP contribution in [0.4, 0.5) is 5.69 Å². The molecule has 1 aromatic carbocycles. The highest BCUT2D eigenvalue weighted by molar-refractivity contribution is 7.98. The van der Waals surface area contributed by atoms with Crippen molar-refractivity contribution in [3.63, 3.8) is 0 Å². The van der Waals surface area contributed by atoms with Crippen LogP contribution in [-0.4, -0.2) is 44.8 Å². The third kappa shape index (κ3) is 6.47. The molecule has 0 bridgehead atoms. The third-order valence-electron chi connectivity index (χ3n) is 2.85. The molecular formula is C16H27N3O2S. The minimum absolute atomic E-state index is 0.600. The van der Waals surface area contributed by atoms with Gasteiger partial charge in [0.05, 0.1) is 13.7 Å². The van der Waals surface area contributed by atoms with Gasteiger partial charge in [-0.05, 0) is 44.4 Å². The molecule has 5 nitrogen and oxygen atoms in total. The zero-order valence-corrected chi connectivity index (χ0v) is 14.8. The smallest absolute Gasteiger partial charge is 0.195 e. The monoisotopic (exact) mass is 325 g/mol. The standard InChI is InChI=1S/C16H27N3O2S/c1-5-17-16(18-10-7-11-22-4)19-13-8-9-14(20-3)15(12-13)21-6-2/h8-9,12H,5-7,10-11H2,1-4H3,(H2,17,18,19). The van der Waals surface area contributed by atoms with Crippen molar-refractivity contribution in [2.75, 3.05) is 44.1 Å². The maximum Gasteiger partial charge on any atom is 0.195 e. The number of nitrogens with zero attached hydrogens (tertiary/aromatic N) is 1. The lowest BCUT2D eigenvalue weighted by Crippen LogP contribution is -2.30. The van der Waals surface area contributed by atoms with Gasteiger partial charge in [-0.2, -0.15) is 11.8 Å². The van der Waals surface area contributed by atoms with Gasteiger partial charge in [0, 0.05) is 24.8 Å². The average molecular weight is 325 g/mol. The zero-order chi connectivity index (χ0) is 16.2. The van der Waals surface area contributed by atoms with Crippen LogP contribution in [0.3, 0.4) is 0 Å². The molecule has 22 heavy (non-hydrogen) atoms. The van der Waals surface area contributed by atoms with Crippen LogP contribution in [0.25, 0.3) is 0 Å². The quantitative estimate of drug-likeness (QED) is 0.415. The van der Waals surface area contributed by atoms with Gasteiger partial charge < -0.3 is 20.1 Å². The van der Waals surface area contributed by atoms with Gasteiger partial charge in [-0.15, -0.1) is 0 Å². The predicted molar refractivity (Wildman–Crippen MR) is 96.8 cm³/mol. The van der Waals surface area contributed by atoms with Gasteiger partial charge in [0.25, 0.3) is 0 Å². The van der Waals surface area contributed by atoms with Crippen molar-refractivity contribution in [3.8, 4) is 11.5 Å². The molecule has 0 aliphatic heterocycles. The Kier molecular flexibility index (Phi) is 9.30. The summed E-state index contributed by atoms with van der Waals surface area (Å²) in [5.74, 6) is 3.37. The van der Waals surface area contributed by atoms with Crippen molar-refractivity contribution in [2.24, 2.45) is 4.99 Å². The summed E-state index contributed by atoms with van der Waals surface area (Å²) in [6, 6.07) is 5.78. The Bertz CT molecular complexity index is 467. The molecule has 0 aliphatic rings. The molecule has 0 amide bonds. The van der Waals surface area contributed by atoms with E-state index in [1.165, 1.54) is 0 Å². The lowest BCUT2D eigenvalue weighted by molar-refractivity contribution is 0.311. The van der Waals surface area contributed by atoms with Gasteiger partial charge in [0.15, 0.2) is 17.5 Å². The number of nitrogens with one attached hydrogen (secondary N) is 2. The van der Waals surface area contributed by atoms with Gasteiger partial charge in [-0.25, -0.2) is 0 Å². The molecular weight excluding hydrogens is 298 g/mol. The van der Waals surface area contributed by atoms with Crippen molar-refractivity contribution >= 4 is 23.4 Å². The van der Waals surface area contributed by atoms with E-state index in [9.17, 15) is 0 Å². The van der Waals surface area contributed by atoms with Gasteiger partial charge in [0.1, 0.15) is 0 Å².